The Kier molecular flexibility index (Phi) is 9.37. The number of aliphatic hydroxyl groups is 1. The van der Waals surface area contributed by atoms with E-state index < -0.39 is 17.6 Å². The number of aliphatic hydroxyl groups excluding tert-OH is 1. The van der Waals surface area contributed by atoms with Crippen molar-refractivity contribution >= 4 is 5.97 Å². The van der Waals surface area contributed by atoms with Crippen LogP contribution in [0.2, 0.25) is 0 Å². The van der Waals surface area contributed by atoms with Crippen molar-refractivity contribution in [2.75, 3.05) is 0 Å². The third-order valence-electron chi connectivity index (χ3n) is 9.28. The van der Waals surface area contributed by atoms with E-state index in [9.17, 15) is 15.0 Å². The number of imidazole rings is 1. The van der Waals surface area contributed by atoms with Gasteiger partial charge in [0.25, 0.3) is 0 Å². The minimum absolute atomic E-state index is 0.0217. The van der Waals surface area contributed by atoms with E-state index in [1.54, 1.807) is 11.5 Å². The molecule has 2 heterocycles. The third-order valence-corrected chi connectivity index (χ3v) is 9.28. The summed E-state index contributed by atoms with van der Waals surface area (Å²) in [6.45, 7) is 3.87. The maximum atomic E-state index is 12.3. The average Bonchev–Trinajstić information content (AvgIpc) is 3.80. The van der Waals surface area contributed by atoms with Gasteiger partial charge in [0.2, 0.25) is 0 Å². The number of tetrazole rings is 1. The van der Waals surface area contributed by atoms with Crippen molar-refractivity contribution in [3.63, 3.8) is 0 Å². The Labute approximate surface area is 296 Å². The lowest BCUT2D eigenvalue weighted by molar-refractivity contribution is 0.0677. The van der Waals surface area contributed by atoms with Gasteiger partial charge in [0.1, 0.15) is 17.1 Å². The fourth-order valence-electron chi connectivity index (χ4n) is 7.01. The molecule has 7 aromatic rings. The van der Waals surface area contributed by atoms with Crippen LogP contribution in [0.1, 0.15) is 70.6 Å². The summed E-state index contributed by atoms with van der Waals surface area (Å²) in [6, 6.07) is 47.1. The second kappa shape index (κ2) is 14.3. The van der Waals surface area contributed by atoms with E-state index in [1.165, 1.54) is 0 Å². The zero-order valence-corrected chi connectivity index (χ0v) is 28.5. The molecule has 7 rings (SSSR count). The number of aromatic carboxylic acids is 1. The van der Waals surface area contributed by atoms with Crippen molar-refractivity contribution in [1.29, 1.82) is 0 Å². The van der Waals surface area contributed by atoms with E-state index in [0.29, 0.717) is 24.6 Å². The molecule has 51 heavy (non-hydrogen) atoms. The fraction of sp³-hybridized carbons (Fsp3) is 0.167. The highest BCUT2D eigenvalue weighted by Gasteiger charge is 2.42. The maximum absolute atomic E-state index is 12.3. The summed E-state index contributed by atoms with van der Waals surface area (Å²) < 4.78 is 3.64. The van der Waals surface area contributed by atoms with Gasteiger partial charge in [-0.3, -0.25) is 0 Å². The number of aromatic nitrogens is 6. The molecule has 2 N–H and O–H groups in total. The number of aryl methyl sites for hydroxylation is 1. The first-order valence-electron chi connectivity index (χ1n) is 17.1. The molecule has 0 aliphatic heterocycles. The van der Waals surface area contributed by atoms with Gasteiger partial charge in [-0.1, -0.05) is 146 Å². The Bertz CT molecular complexity index is 2150. The van der Waals surface area contributed by atoms with E-state index in [-0.39, 0.29) is 11.4 Å². The van der Waals surface area contributed by atoms with Crippen LogP contribution < -0.4 is 0 Å². The van der Waals surface area contributed by atoms with Gasteiger partial charge in [-0.25, -0.2) is 14.5 Å². The van der Waals surface area contributed by atoms with Crippen LogP contribution in [-0.2, 0) is 18.5 Å². The van der Waals surface area contributed by atoms with Crippen LogP contribution in [0.25, 0.3) is 22.5 Å². The van der Waals surface area contributed by atoms with Gasteiger partial charge in [-0.2, -0.15) is 0 Å². The number of hydrogen-bond acceptors (Lipinski definition) is 6. The van der Waals surface area contributed by atoms with Gasteiger partial charge >= 0.3 is 5.97 Å². The molecule has 0 spiro atoms. The molecule has 9 heteroatoms. The van der Waals surface area contributed by atoms with Gasteiger partial charge in [0.15, 0.2) is 11.5 Å². The molecule has 0 fully saturated rings. The van der Waals surface area contributed by atoms with Crippen molar-refractivity contribution in [2.45, 2.75) is 44.9 Å². The molecule has 9 nitrogen and oxygen atoms in total. The highest BCUT2D eigenvalue weighted by atomic mass is 16.4. The monoisotopic (exact) mass is 674 g/mol. The van der Waals surface area contributed by atoms with Crippen LogP contribution >= 0.6 is 0 Å². The summed E-state index contributed by atoms with van der Waals surface area (Å²) in [5.74, 6) is 0.137. The number of carboxylic acid groups (broad SMARTS) is 1. The van der Waals surface area contributed by atoms with Crippen LogP contribution in [0, 0.1) is 0 Å². The average molecular weight is 675 g/mol. The van der Waals surface area contributed by atoms with E-state index in [2.05, 4.69) is 57.8 Å². The van der Waals surface area contributed by atoms with Crippen molar-refractivity contribution < 1.29 is 15.0 Å². The molecule has 0 bridgehead atoms. The summed E-state index contributed by atoms with van der Waals surface area (Å²) in [5, 5.41) is 34.1. The van der Waals surface area contributed by atoms with Crippen molar-refractivity contribution in [2.24, 2.45) is 0 Å². The Morgan fingerprint density at radius 1 is 0.745 bits per heavy atom. The topological polar surface area (TPSA) is 119 Å². The molecular weight excluding hydrogens is 637 g/mol. The lowest BCUT2D eigenvalue weighted by atomic mass is 9.77. The molecule has 0 aliphatic rings. The standard InChI is InChI=1S/C42H38N6O3/c1-3-15-37-43-38(29(2)49)39(41(50)51)47(37)28-30-24-26-31(27-25-30)35-22-13-14-23-36(35)40-44-45-46-48(40)42(32-16-7-4-8-17-32,33-18-9-5-10-19-33)34-20-11-6-12-21-34/h4-14,16-27,29,49H,3,15,28H2,1-2H3,(H,50,51). The van der Waals surface area contributed by atoms with Gasteiger partial charge in [-0.15, -0.1) is 5.10 Å². The number of benzene rings is 5. The molecule has 0 amide bonds. The van der Waals surface area contributed by atoms with Gasteiger partial charge in [0.05, 0.1) is 6.10 Å². The van der Waals surface area contributed by atoms with Crippen LogP contribution in [-0.4, -0.2) is 45.9 Å². The Morgan fingerprint density at radius 3 is 1.78 bits per heavy atom. The van der Waals surface area contributed by atoms with E-state index >= 15 is 0 Å². The Balaban J connectivity index is 1.34. The van der Waals surface area contributed by atoms with Crippen LogP contribution in [0.5, 0.6) is 0 Å². The van der Waals surface area contributed by atoms with Gasteiger partial charge < -0.3 is 14.8 Å². The highest BCUT2D eigenvalue weighted by molar-refractivity contribution is 5.87. The lowest BCUT2D eigenvalue weighted by Crippen LogP contribution is -2.39. The van der Waals surface area contributed by atoms with Gasteiger partial charge in [-0.05, 0) is 57.2 Å². The SMILES string of the molecule is CCCc1nc(C(C)O)c(C(=O)O)n1Cc1ccc(-c2ccccc2-c2nnnn2C(c2ccccc2)(c2ccccc2)c2ccccc2)cc1. The summed E-state index contributed by atoms with van der Waals surface area (Å²) in [4.78, 5) is 16.9. The number of rotatable bonds is 12. The first-order chi connectivity index (χ1) is 24.9. The summed E-state index contributed by atoms with van der Waals surface area (Å²) in [5.41, 5.74) is 6.02. The smallest absolute Gasteiger partial charge is 0.354 e. The van der Waals surface area contributed by atoms with E-state index in [0.717, 1.165) is 45.4 Å². The highest BCUT2D eigenvalue weighted by Crippen LogP contribution is 2.43. The molecule has 0 saturated carbocycles. The van der Waals surface area contributed by atoms with Crippen molar-refractivity contribution in [1.82, 2.24) is 29.8 Å². The first-order valence-corrected chi connectivity index (χ1v) is 17.1. The van der Waals surface area contributed by atoms with Gasteiger partial charge in [0, 0.05) is 18.5 Å². The Morgan fingerprint density at radius 2 is 1.27 bits per heavy atom. The van der Waals surface area contributed by atoms with Crippen molar-refractivity contribution in [3.05, 3.63) is 179 Å². The molecule has 1 atom stereocenters. The van der Waals surface area contributed by atoms with Crippen molar-refractivity contribution in [3.8, 4) is 22.5 Å². The molecular formula is C42H38N6O3. The molecule has 1 unspecified atom stereocenters. The van der Waals surface area contributed by atoms with Crippen LogP contribution in [0.4, 0.5) is 0 Å². The van der Waals surface area contributed by atoms with Crippen LogP contribution in [0.15, 0.2) is 140 Å². The quantitative estimate of drug-likeness (QED) is 0.127. The molecule has 0 radical (unpaired) electrons. The normalized spacial score (nSPS) is 12.1. The number of hydrogen-bond donors (Lipinski definition) is 2. The van der Waals surface area contributed by atoms with E-state index in [4.69, 9.17) is 5.21 Å². The van der Waals surface area contributed by atoms with E-state index in [1.807, 2.05) is 109 Å². The predicted molar refractivity (Wildman–Crippen MR) is 196 cm³/mol. The summed E-state index contributed by atoms with van der Waals surface area (Å²) in [6.07, 6.45) is 0.404. The zero-order chi connectivity index (χ0) is 35.4. The minimum Gasteiger partial charge on any atom is -0.477 e. The molecule has 5 aromatic carbocycles. The Hall–Kier alpha value is -6.19. The first kappa shape index (κ1) is 33.3. The number of carbonyl (C=O) groups is 1. The largest absolute Gasteiger partial charge is 0.477 e. The fourth-order valence-corrected chi connectivity index (χ4v) is 7.01. The van der Waals surface area contributed by atoms with Crippen LogP contribution in [0.3, 0.4) is 0 Å². The third kappa shape index (κ3) is 6.13. The maximum Gasteiger partial charge on any atom is 0.354 e. The zero-order valence-electron chi connectivity index (χ0n) is 28.5. The molecule has 2 aromatic heterocycles. The summed E-state index contributed by atoms with van der Waals surface area (Å²) >= 11 is 0. The lowest BCUT2D eigenvalue weighted by Gasteiger charge is -2.36. The predicted octanol–water partition coefficient (Wildman–Crippen LogP) is 7.80. The molecule has 0 saturated heterocycles. The molecule has 254 valence electrons. The second-order valence-corrected chi connectivity index (χ2v) is 12.5. The number of carboxylic acids is 1. The molecule has 0 aliphatic carbocycles. The second-order valence-electron chi connectivity index (χ2n) is 12.5. The summed E-state index contributed by atoms with van der Waals surface area (Å²) in [7, 11) is 0. The number of nitrogens with zero attached hydrogens (tertiary/aromatic N) is 6. The minimum atomic E-state index is -1.11.